The molecule has 5 nitrogen and oxygen atoms in total. The highest BCUT2D eigenvalue weighted by Gasteiger charge is 2.23. The summed E-state index contributed by atoms with van der Waals surface area (Å²) in [5.74, 6) is 1.33. The molecule has 1 fully saturated rings. The largest absolute Gasteiger partial charge is 0.494 e. The Labute approximate surface area is 136 Å². The minimum absolute atomic E-state index is 0.0120. The van der Waals surface area contributed by atoms with Crippen molar-refractivity contribution in [2.24, 2.45) is 0 Å². The van der Waals surface area contributed by atoms with Gasteiger partial charge in [0.1, 0.15) is 5.75 Å². The number of carbonyl (C=O) groups is 1. The fourth-order valence-electron chi connectivity index (χ4n) is 2.73. The number of amides is 1. The molecule has 0 radical (unpaired) electrons. The highest BCUT2D eigenvalue weighted by Crippen LogP contribution is 2.11. The molecule has 2 aromatic rings. The molecule has 0 bridgehead atoms. The summed E-state index contributed by atoms with van der Waals surface area (Å²) < 4.78 is 10.9. The average molecular weight is 314 g/mol. The highest BCUT2D eigenvalue weighted by atomic mass is 16.5. The van der Waals surface area contributed by atoms with Gasteiger partial charge in [-0.1, -0.05) is 18.2 Å². The number of furan rings is 1. The predicted molar refractivity (Wildman–Crippen MR) is 87.6 cm³/mol. The summed E-state index contributed by atoms with van der Waals surface area (Å²) in [4.78, 5) is 16.4. The molecule has 1 aliphatic heterocycles. The lowest BCUT2D eigenvalue weighted by molar-refractivity contribution is 0.0600. The number of nitrogens with zero attached hydrogens (tertiary/aromatic N) is 2. The number of piperazine rings is 1. The Morgan fingerprint density at radius 1 is 1.04 bits per heavy atom. The van der Waals surface area contributed by atoms with Gasteiger partial charge in [0.15, 0.2) is 5.76 Å². The minimum Gasteiger partial charge on any atom is -0.494 e. The number of para-hydroxylation sites is 1. The molecule has 1 amide bonds. The second-order valence-electron chi connectivity index (χ2n) is 5.63. The van der Waals surface area contributed by atoms with Gasteiger partial charge in [0, 0.05) is 32.7 Å². The van der Waals surface area contributed by atoms with Crippen LogP contribution in [0.5, 0.6) is 5.75 Å². The minimum atomic E-state index is -0.0120. The normalized spacial score (nSPS) is 15.6. The predicted octanol–water partition coefficient (Wildman–Crippen LogP) is 2.51. The molecule has 0 N–H and O–H groups in total. The maximum absolute atomic E-state index is 12.2. The topological polar surface area (TPSA) is 45.9 Å². The molecule has 0 aliphatic carbocycles. The van der Waals surface area contributed by atoms with Crippen molar-refractivity contribution < 1.29 is 13.9 Å². The number of hydrogen-bond acceptors (Lipinski definition) is 4. The quantitative estimate of drug-likeness (QED) is 0.769. The Bertz CT molecular complexity index is 590. The van der Waals surface area contributed by atoms with Gasteiger partial charge in [0.2, 0.25) is 0 Å². The van der Waals surface area contributed by atoms with Crippen molar-refractivity contribution in [3.05, 3.63) is 54.5 Å². The van der Waals surface area contributed by atoms with Crippen LogP contribution < -0.4 is 4.74 Å². The lowest BCUT2D eigenvalue weighted by Gasteiger charge is -2.34. The van der Waals surface area contributed by atoms with Gasteiger partial charge in [-0.3, -0.25) is 9.69 Å². The fourth-order valence-corrected chi connectivity index (χ4v) is 2.73. The maximum Gasteiger partial charge on any atom is 0.289 e. The highest BCUT2D eigenvalue weighted by molar-refractivity contribution is 5.91. The molecule has 0 saturated carbocycles. The van der Waals surface area contributed by atoms with Gasteiger partial charge in [0.25, 0.3) is 5.91 Å². The van der Waals surface area contributed by atoms with Crippen LogP contribution in [0.1, 0.15) is 17.0 Å². The van der Waals surface area contributed by atoms with Crippen molar-refractivity contribution >= 4 is 5.91 Å². The van der Waals surface area contributed by atoms with Gasteiger partial charge in [-0.15, -0.1) is 0 Å². The van der Waals surface area contributed by atoms with E-state index in [0.29, 0.717) is 5.76 Å². The molecule has 23 heavy (non-hydrogen) atoms. The van der Waals surface area contributed by atoms with Crippen LogP contribution in [0.15, 0.2) is 53.1 Å². The smallest absolute Gasteiger partial charge is 0.289 e. The fraction of sp³-hybridized carbons (Fsp3) is 0.389. The van der Waals surface area contributed by atoms with E-state index >= 15 is 0 Å². The van der Waals surface area contributed by atoms with E-state index in [1.165, 1.54) is 6.26 Å². The molecule has 122 valence electrons. The number of ether oxygens (including phenoxy) is 1. The van der Waals surface area contributed by atoms with Crippen molar-refractivity contribution in [1.29, 1.82) is 0 Å². The van der Waals surface area contributed by atoms with Gasteiger partial charge in [-0.25, -0.2) is 0 Å². The summed E-state index contributed by atoms with van der Waals surface area (Å²) in [6, 6.07) is 13.3. The Kier molecular flexibility index (Phi) is 5.32. The SMILES string of the molecule is O=C(c1ccco1)N1CCN(CCCOc2ccccc2)CC1. The monoisotopic (exact) mass is 314 g/mol. The third-order valence-electron chi connectivity index (χ3n) is 4.02. The van der Waals surface area contributed by atoms with Gasteiger partial charge in [0.05, 0.1) is 12.9 Å². The zero-order chi connectivity index (χ0) is 15.9. The van der Waals surface area contributed by atoms with Crippen molar-refractivity contribution in [3.63, 3.8) is 0 Å². The van der Waals surface area contributed by atoms with E-state index in [1.807, 2.05) is 35.2 Å². The van der Waals surface area contributed by atoms with Crippen molar-refractivity contribution in [2.75, 3.05) is 39.3 Å². The summed E-state index contributed by atoms with van der Waals surface area (Å²) in [5.41, 5.74) is 0. The number of hydrogen-bond donors (Lipinski definition) is 0. The number of carbonyl (C=O) groups excluding carboxylic acids is 1. The van der Waals surface area contributed by atoms with E-state index in [-0.39, 0.29) is 5.91 Å². The Morgan fingerprint density at radius 2 is 1.83 bits per heavy atom. The van der Waals surface area contributed by atoms with Gasteiger partial charge < -0.3 is 14.1 Å². The first-order chi connectivity index (χ1) is 11.3. The average Bonchev–Trinajstić information content (AvgIpc) is 3.14. The molecule has 2 heterocycles. The second-order valence-corrected chi connectivity index (χ2v) is 5.63. The first-order valence-corrected chi connectivity index (χ1v) is 8.06. The van der Waals surface area contributed by atoms with Gasteiger partial charge in [-0.05, 0) is 30.7 Å². The van der Waals surface area contributed by atoms with Gasteiger partial charge in [-0.2, -0.15) is 0 Å². The lowest BCUT2D eigenvalue weighted by atomic mass is 10.2. The number of benzene rings is 1. The van der Waals surface area contributed by atoms with Crippen molar-refractivity contribution in [3.8, 4) is 5.75 Å². The van der Waals surface area contributed by atoms with E-state index < -0.39 is 0 Å². The molecule has 1 aromatic heterocycles. The van der Waals surface area contributed by atoms with Crippen LogP contribution in [0, 0.1) is 0 Å². The summed E-state index contributed by atoms with van der Waals surface area (Å²) in [6.07, 6.45) is 2.53. The van der Waals surface area contributed by atoms with E-state index in [2.05, 4.69) is 4.90 Å². The van der Waals surface area contributed by atoms with Crippen LogP contribution in [0.3, 0.4) is 0 Å². The summed E-state index contributed by atoms with van der Waals surface area (Å²) >= 11 is 0. The molecule has 0 spiro atoms. The van der Waals surface area contributed by atoms with Crippen molar-refractivity contribution in [2.45, 2.75) is 6.42 Å². The molecule has 0 unspecified atom stereocenters. The third kappa shape index (κ3) is 4.36. The van der Waals surface area contributed by atoms with Crippen LogP contribution in [0.4, 0.5) is 0 Å². The Morgan fingerprint density at radius 3 is 2.52 bits per heavy atom. The molecule has 0 atom stereocenters. The molecule has 3 rings (SSSR count). The number of rotatable bonds is 6. The zero-order valence-electron chi connectivity index (χ0n) is 13.2. The van der Waals surface area contributed by atoms with Crippen molar-refractivity contribution in [1.82, 2.24) is 9.80 Å². The van der Waals surface area contributed by atoms with E-state index in [9.17, 15) is 4.79 Å². The molecular formula is C18H22N2O3. The van der Waals surface area contributed by atoms with Crippen LogP contribution >= 0.6 is 0 Å². The molecule has 1 aliphatic rings. The first kappa shape index (κ1) is 15.6. The lowest BCUT2D eigenvalue weighted by Crippen LogP contribution is -2.48. The van der Waals surface area contributed by atoms with Crippen LogP contribution in [-0.4, -0.2) is 55.0 Å². The molecular weight excluding hydrogens is 292 g/mol. The van der Waals surface area contributed by atoms with E-state index in [0.717, 1.165) is 51.5 Å². The van der Waals surface area contributed by atoms with E-state index in [1.54, 1.807) is 12.1 Å². The molecule has 1 saturated heterocycles. The van der Waals surface area contributed by atoms with Crippen LogP contribution in [0.2, 0.25) is 0 Å². The summed E-state index contributed by atoms with van der Waals surface area (Å²) in [6.45, 7) is 5.01. The van der Waals surface area contributed by atoms with Crippen LogP contribution in [0.25, 0.3) is 0 Å². The van der Waals surface area contributed by atoms with Crippen LogP contribution in [-0.2, 0) is 0 Å². The molecule has 1 aromatic carbocycles. The molecule has 5 heteroatoms. The zero-order valence-corrected chi connectivity index (χ0v) is 13.2. The maximum atomic E-state index is 12.2. The summed E-state index contributed by atoms with van der Waals surface area (Å²) in [7, 11) is 0. The Balaban J connectivity index is 1.34. The Hall–Kier alpha value is -2.27. The second kappa shape index (κ2) is 7.83. The van der Waals surface area contributed by atoms with E-state index in [4.69, 9.17) is 9.15 Å². The third-order valence-corrected chi connectivity index (χ3v) is 4.02. The summed E-state index contributed by atoms with van der Waals surface area (Å²) in [5, 5.41) is 0. The first-order valence-electron chi connectivity index (χ1n) is 8.06. The standard InChI is InChI=1S/C18H22N2O3/c21-18(17-8-4-14-23-17)20-12-10-19(11-13-20)9-5-15-22-16-6-2-1-3-7-16/h1-4,6-8,14H,5,9-13,15H2. The van der Waals surface area contributed by atoms with Gasteiger partial charge >= 0.3 is 0 Å².